The zero-order chi connectivity index (χ0) is 22.1. The summed E-state index contributed by atoms with van der Waals surface area (Å²) in [6, 6.07) is 14.5. The number of hydrogen-bond acceptors (Lipinski definition) is 6. The highest BCUT2D eigenvalue weighted by atomic mass is 16.2. The lowest BCUT2D eigenvalue weighted by Crippen LogP contribution is -2.49. The van der Waals surface area contributed by atoms with Crippen LogP contribution in [0.1, 0.15) is 27.4 Å². The Bertz CT molecular complexity index is 1270. The average Bonchev–Trinajstić information content (AvgIpc) is 3.29. The van der Waals surface area contributed by atoms with E-state index in [1.54, 1.807) is 17.1 Å². The highest BCUT2D eigenvalue weighted by molar-refractivity contribution is 5.92. The summed E-state index contributed by atoms with van der Waals surface area (Å²) in [7, 11) is 0. The number of rotatable bonds is 4. The second-order valence-electron chi connectivity index (χ2n) is 8.14. The minimum absolute atomic E-state index is 0.0825. The van der Waals surface area contributed by atoms with E-state index in [0.29, 0.717) is 25.3 Å². The summed E-state index contributed by atoms with van der Waals surface area (Å²) in [6.45, 7) is 7.14. The summed E-state index contributed by atoms with van der Waals surface area (Å²) >= 11 is 0. The Morgan fingerprint density at radius 3 is 2.62 bits per heavy atom. The van der Waals surface area contributed by atoms with E-state index in [1.807, 2.05) is 36.9 Å². The van der Waals surface area contributed by atoms with E-state index in [1.165, 1.54) is 10.8 Å². The van der Waals surface area contributed by atoms with Crippen molar-refractivity contribution >= 4 is 22.5 Å². The van der Waals surface area contributed by atoms with Gasteiger partial charge in [0.15, 0.2) is 5.69 Å². The van der Waals surface area contributed by atoms with Crippen molar-refractivity contribution in [2.24, 2.45) is 0 Å². The lowest BCUT2D eigenvalue weighted by Gasteiger charge is -2.35. The maximum Gasteiger partial charge on any atom is 0.276 e. The first-order valence-electron chi connectivity index (χ1n) is 10.8. The SMILES string of the molecule is Cc1cnc(C)c(N2CCN(C(=O)c3cn(Cc4cccc5ccccc45)nn3)CC2)n1. The van der Waals surface area contributed by atoms with Crippen LogP contribution in [0, 0.1) is 13.8 Å². The molecule has 3 heterocycles. The van der Waals surface area contributed by atoms with Crippen LogP contribution in [0.15, 0.2) is 54.9 Å². The van der Waals surface area contributed by atoms with Gasteiger partial charge < -0.3 is 9.80 Å². The third-order valence-electron chi connectivity index (χ3n) is 5.89. The molecule has 0 radical (unpaired) electrons. The Kier molecular flexibility index (Phi) is 5.26. The van der Waals surface area contributed by atoms with E-state index in [9.17, 15) is 4.79 Å². The molecule has 1 aliphatic heterocycles. The summed E-state index contributed by atoms with van der Waals surface area (Å²) < 4.78 is 1.73. The summed E-state index contributed by atoms with van der Waals surface area (Å²) in [6.07, 6.45) is 3.52. The Balaban J connectivity index is 1.26. The zero-order valence-electron chi connectivity index (χ0n) is 18.3. The molecule has 8 heteroatoms. The highest BCUT2D eigenvalue weighted by Crippen LogP contribution is 2.20. The number of carbonyl (C=O) groups is 1. The standard InChI is InChI=1S/C24H25N7O/c1-17-14-25-18(2)23(26-17)29-10-12-30(13-11-29)24(32)22-16-31(28-27-22)15-20-8-5-7-19-6-3-4-9-21(19)20/h3-9,14,16H,10-13,15H2,1-2H3. The highest BCUT2D eigenvalue weighted by Gasteiger charge is 2.25. The molecular formula is C24H25N7O. The minimum atomic E-state index is -0.0825. The van der Waals surface area contributed by atoms with Crippen molar-refractivity contribution in [3.8, 4) is 0 Å². The van der Waals surface area contributed by atoms with Gasteiger partial charge in [0.2, 0.25) is 0 Å². The molecule has 0 bridgehead atoms. The summed E-state index contributed by atoms with van der Waals surface area (Å²) in [5.41, 5.74) is 3.33. The largest absolute Gasteiger partial charge is 0.352 e. The summed E-state index contributed by atoms with van der Waals surface area (Å²) in [5, 5.41) is 10.7. The van der Waals surface area contributed by atoms with Gasteiger partial charge in [-0.05, 0) is 30.2 Å². The Morgan fingerprint density at radius 2 is 1.78 bits per heavy atom. The first kappa shape index (κ1) is 20.1. The predicted octanol–water partition coefficient (Wildman–Crippen LogP) is 2.85. The van der Waals surface area contributed by atoms with Crippen LogP contribution in [0.3, 0.4) is 0 Å². The fraction of sp³-hybridized carbons (Fsp3) is 0.292. The van der Waals surface area contributed by atoms with Crippen molar-refractivity contribution in [2.45, 2.75) is 20.4 Å². The second-order valence-corrected chi connectivity index (χ2v) is 8.14. The van der Waals surface area contributed by atoms with Crippen molar-refractivity contribution in [3.63, 3.8) is 0 Å². The number of nitrogens with zero attached hydrogens (tertiary/aromatic N) is 7. The predicted molar refractivity (Wildman–Crippen MR) is 123 cm³/mol. The Morgan fingerprint density at radius 1 is 1.00 bits per heavy atom. The molecule has 1 amide bonds. The molecule has 0 aliphatic carbocycles. The van der Waals surface area contributed by atoms with Crippen LogP contribution in [-0.2, 0) is 6.54 Å². The monoisotopic (exact) mass is 427 g/mol. The molecule has 2 aromatic heterocycles. The molecule has 0 atom stereocenters. The van der Waals surface area contributed by atoms with E-state index >= 15 is 0 Å². The number of hydrogen-bond donors (Lipinski definition) is 0. The lowest BCUT2D eigenvalue weighted by molar-refractivity contribution is 0.0740. The van der Waals surface area contributed by atoms with Crippen LogP contribution in [0.2, 0.25) is 0 Å². The molecule has 32 heavy (non-hydrogen) atoms. The van der Waals surface area contributed by atoms with Gasteiger partial charge in [0, 0.05) is 32.4 Å². The van der Waals surface area contributed by atoms with Crippen LogP contribution in [0.25, 0.3) is 10.8 Å². The number of anilines is 1. The van der Waals surface area contributed by atoms with Crippen molar-refractivity contribution in [1.29, 1.82) is 0 Å². The van der Waals surface area contributed by atoms with E-state index < -0.39 is 0 Å². The zero-order valence-corrected chi connectivity index (χ0v) is 18.3. The maximum atomic E-state index is 13.0. The molecule has 2 aromatic carbocycles. The van der Waals surface area contributed by atoms with Gasteiger partial charge in [0.25, 0.3) is 5.91 Å². The quantitative estimate of drug-likeness (QED) is 0.498. The van der Waals surface area contributed by atoms with Gasteiger partial charge in [0.1, 0.15) is 5.82 Å². The maximum absolute atomic E-state index is 13.0. The van der Waals surface area contributed by atoms with Crippen molar-refractivity contribution in [3.05, 3.63) is 77.5 Å². The number of piperazine rings is 1. The third-order valence-corrected chi connectivity index (χ3v) is 5.89. The van der Waals surface area contributed by atoms with Crippen LogP contribution in [-0.4, -0.2) is 61.9 Å². The number of aryl methyl sites for hydroxylation is 2. The first-order valence-corrected chi connectivity index (χ1v) is 10.8. The smallest absolute Gasteiger partial charge is 0.276 e. The van der Waals surface area contributed by atoms with Crippen LogP contribution in [0.4, 0.5) is 5.82 Å². The topological polar surface area (TPSA) is 80.0 Å². The molecular weight excluding hydrogens is 402 g/mol. The normalized spacial score (nSPS) is 14.2. The molecule has 5 rings (SSSR count). The summed E-state index contributed by atoms with van der Waals surface area (Å²) in [4.78, 5) is 26.1. The molecule has 0 N–H and O–H groups in total. The van der Waals surface area contributed by atoms with Crippen LogP contribution >= 0.6 is 0 Å². The minimum Gasteiger partial charge on any atom is -0.352 e. The fourth-order valence-corrected chi connectivity index (χ4v) is 4.19. The van der Waals surface area contributed by atoms with Crippen LogP contribution in [0.5, 0.6) is 0 Å². The van der Waals surface area contributed by atoms with E-state index in [0.717, 1.165) is 35.9 Å². The van der Waals surface area contributed by atoms with Gasteiger partial charge >= 0.3 is 0 Å². The summed E-state index contributed by atoms with van der Waals surface area (Å²) in [5.74, 6) is 0.819. The molecule has 4 aromatic rings. The third kappa shape index (κ3) is 3.91. The lowest BCUT2D eigenvalue weighted by atomic mass is 10.0. The van der Waals surface area contributed by atoms with Gasteiger partial charge in [-0.25, -0.2) is 9.67 Å². The molecule has 0 saturated carbocycles. The molecule has 1 fully saturated rings. The van der Waals surface area contributed by atoms with E-state index in [4.69, 9.17) is 0 Å². The van der Waals surface area contributed by atoms with E-state index in [2.05, 4.69) is 49.4 Å². The van der Waals surface area contributed by atoms with Gasteiger partial charge in [-0.2, -0.15) is 0 Å². The molecule has 0 unspecified atom stereocenters. The van der Waals surface area contributed by atoms with Crippen molar-refractivity contribution in [1.82, 2.24) is 29.9 Å². The molecule has 1 aliphatic rings. The number of fused-ring (bicyclic) bond motifs is 1. The number of carbonyl (C=O) groups excluding carboxylic acids is 1. The molecule has 0 spiro atoms. The van der Waals surface area contributed by atoms with Crippen LogP contribution < -0.4 is 4.90 Å². The van der Waals surface area contributed by atoms with Gasteiger partial charge in [-0.15, -0.1) is 5.10 Å². The molecule has 8 nitrogen and oxygen atoms in total. The molecule has 1 saturated heterocycles. The second kappa shape index (κ2) is 8.37. The number of aromatic nitrogens is 5. The Hall–Kier alpha value is -3.81. The first-order chi connectivity index (χ1) is 15.6. The molecule has 162 valence electrons. The number of amides is 1. The average molecular weight is 428 g/mol. The van der Waals surface area contributed by atoms with E-state index in [-0.39, 0.29) is 5.91 Å². The van der Waals surface area contributed by atoms with Crippen molar-refractivity contribution in [2.75, 3.05) is 31.1 Å². The van der Waals surface area contributed by atoms with Crippen molar-refractivity contribution < 1.29 is 4.79 Å². The van der Waals surface area contributed by atoms with Gasteiger partial charge in [-0.1, -0.05) is 47.7 Å². The fourth-order valence-electron chi connectivity index (χ4n) is 4.19. The van der Waals surface area contributed by atoms with Gasteiger partial charge in [-0.3, -0.25) is 9.78 Å². The number of benzene rings is 2. The van der Waals surface area contributed by atoms with Gasteiger partial charge in [0.05, 0.1) is 24.1 Å². The Labute approximate surface area is 186 Å².